The molecule has 0 aliphatic heterocycles. The van der Waals surface area contributed by atoms with Crippen molar-refractivity contribution >= 4 is 34.7 Å². The predicted octanol–water partition coefficient (Wildman–Crippen LogP) is 3.81. The van der Waals surface area contributed by atoms with Crippen LogP contribution >= 0.6 is 11.3 Å². The lowest BCUT2D eigenvalue weighted by molar-refractivity contribution is -0.114. The van der Waals surface area contributed by atoms with Crippen LogP contribution in [0.25, 0.3) is 10.6 Å². The number of rotatable bonds is 6. The van der Waals surface area contributed by atoms with Crippen molar-refractivity contribution in [2.45, 2.75) is 6.92 Å². The smallest absolute Gasteiger partial charge is 0.358 e. The van der Waals surface area contributed by atoms with E-state index in [4.69, 9.17) is 4.74 Å². The Kier molecular flexibility index (Phi) is 5.73. The Bertz CT molecular complexity index is 965. The van der Waals surface area contributed by atoms with Crippen molar-refractivity contribution in [3.05, 3.63) is 71.2 Å². The molecule has 1 N–H and O–H groups in total. The molecular formula is C20H16N2O4S. The summed E-state index contributed by atoms with van der Waals surface area (Å²) in [6.07, 6.45) is 0. The Morgan fingerprint density at radius 2 is 1.74 bits per heavy atom. The van der Waals surface area contributed by atoms with Crippen LogP contribution in [0.3, 0.4) is 0 Å². The molecule has 0 atom stereocenters. The summed E-state index contributed by atoms with van der Waals surface area (Å²) >= 11 is 1.34. The molecule has 136 valence electrons. The van der Waals surface area contributed by atoms with E-state index in [9.17, 15) is 14.4 Å². The summed E-state index contributed by atoms with van der Waals surface area (Å²) in [6.45, 7) is 1.02. The van der Waals surface area contributed by atoms with Crippen molar-refractivity contribution in [2.75, 3.05) is 11.9 Å². The van der Waals surface area contributed by atoms with Crippen molar-refractivity contribution in [3.8, 4) is 10.6 Å². The van der Waals surface area contributed by atoms with Gasteiger partial charge in [0.05, 0.1) is 0 Å². The van der Waals surface area contributed by atoms with Gasteiger partial charge in [-0.1, -0.05) is 30.3 Å². The van der Waals surface area contributed by atoms with Crippen molar-refractivity contribution < 1.29 is 19.1 Å². The van der Waals surface area contributed by atoms with Crippen LogP contribution in [0.1, 0.15) is 27.8 Å². The summed E-state index contributed by atoms with van der Waals surface area (Å²) < 4.78 is 5.07. The fraction of sp³-hybridized carbons (Fsp3) is 0.100. The van der Waals surface area contributed by atoms with Crippen LogP contribution < -0.4 is 5.32 Å². The molecule has 2 aromatic carbocycles. The molecule has 1 aromatic heterocycles. The fourth-order valence-corrected chi connectivity index (χ4v) is 3.11. The van der Waals surface area contributed by atoms with Gasteiger partial charge in [0.1, 0.15) is 5.01 Å². The highest BCUT2D eigenvalue weighted by atomic mass is 32.1. The highest BCUT2D eigenvalue weighted by molar-refractivity contribution is 7.13. The summed E-state index contributed by atoms with van der Waals surface area (Å²) in [5.74, 6) is -1.17. The summed E-state index contributed by atoms with van der Waals surface area (Å²) in [7, 11) is 0. The number of esters is 1. The minimum atomic E-state index is -0.642. The van der Waals surface area contributed by atoms with E-state index < -0.39 is 5.97 Å². The number of benzene rings is 2. The number of anilines is 1. The molecule has 27 heavy (non-hydrogen) atoms. The van der Waals surface area contributed by atoms with E-state index in [0.29, 0.717) is 16.3 Å². The lowest BCUT2D eigenvalue weighted by Crippen LogP contribution is -2.14. The number of Topliss-reactive ketones (excluding diaryl/α,β-unsaturated/α-hetero) is 1. The molecule has 0 spiro atoms. The van der Waals surface area contributed by atoms with Gasteiger partial charge in [-0.15, -0.1) is 11.3 Å². The summed E-state index contributed by atoms with van der Waals surface area (Å²) in [5, 5.41) is 4.93. The van der Waals surface area contributed by atoms with Crippen LogP contribution in [-0.2, 0) is 9.53 Å². The number of carbonyl (C=O) groups is 3. The van der Waals surface area contributed by atoms with Crippen LogP contribution in [0.15, 0.2) is 60.0 Å². The molecule has 0 fully saturated rings. The van der Waals surface area contributed by atoms with Crippen LogP contribution in [-0.4, -0.2) is 29.3 Å². The molecule has 0 unspecified atom stereocenters. The van der Waals surface area contributed by atoms with E-state index in [-0.39, 0.29) is 24.0 Å². The maximum Gasteiger partial charge on any atom is 0.358 e. The molecule has 1 amide bonds. The summed E-state index contributed by atoms with van der Waals surface area (Å²) in [6, 6.07) is 15.9. The van der Waals surface area contributed by atoms with Crippen LogP contribution in [0.2, 0.25) is 0 Å². The molecule has 0 aliphatic carbocycles. The van der Waals surface area contributed by atoms with Crippen LogP contribution in [0, 0.1) is 0 Å². The van der Waals surface area contributed by atoms with Gasteiger partial charge in [0.25, 0.3) is 0 Å². The molecule has 3 rings (SSSR count). The number of hydrogen-bond donors (Lipinski definition) is 1. The number of amides is 1. The number of ketones is 1. The fourth-order valence-electron chi connectivity index (χ4n) is 2.31. The molecule has 6 nitrogen and oxygen atoms in total. The number of ether oxygens (including phenoxy) is 1. The zero-order valence-electron chi connectivity index (χ0n) is 14.5. The summed E-state index contributed by atoms with van der Waals surface area (Å²) in [4.78, 5) is 39.5. The second-order valence-electron chi connectivity index (χ2n) is 5.66. The highest BCUT2D eigenvalue weighted by Crippen LogP contribution is 2.23. The molecule has 3 aromatic rings. The summed E-state index contributed by atoms with van der Waals surface area (Å²) in [5.41, 5.74) is 2.07. The SMILES string of the molecule is CC(=O)Nc1ccc(C(=O)COC(=O)c2csc(-c3ccccc3)n2)cc1. The normalized spacial score (nSPS) is 10.3. The highest BCUT2D eigenvalue weighted by Gasteiger charge is 2.15. The Morgan fingerprint density at radius 3 is 2.41 bits per heavy atom. The van der Waals surface area contributed by atoms with Gasteiger partial charge in [-0.05, 0) is 24.3 Å². The Balaban J connectivity index is 1.58. The second-order valence-corrected chi connectivity index (χ2v) is 6.52. The predicted molar refractivity (Wildman–Crippen MR) is 103 cm³/mol. The second kappa shape index (κ2) is 8.37. The molecule has 0 bridgehead atoms. The molecule has 0 saturated heterocycles. The maximum absolute atomic E-state index is 12.2. The molecule has 0 radical (unpaired) electrons. The quantitative estimate of drug-likeness (QED) is 0.519. The Morgan fingerprint density at radius 1 is 1.04 bits per heavy atom. The Labute approximate surface area is 159 Å². The molecular weight excluding hydrogens is 364 g/mol. The number of carbonyl (C=O) groups excluding carboxylic acids is 3. The van der Waals surface area contributed by atoms with Gasteiger partial charge in [-0.25, -0.2) is 9.78 Å². The molecule has 0 aliphatic rings. The maximum atomic E-state index is 12.2. The number of nitrogens with zero attached hydrogens (tertiary/aromatic N) is 1. The first-order valence-electron chi connectivity index (χ1n) is 8.12. The molecule has 0 saturated carbocycles. The number of aromatic nitrogens is 1. The van der Waals surface area contributed by atoms with E-state index in [1.54, 1.807) is 29.6 Å². The minimum absolute atomic E-state index is 0.174. The van der Waals surface area contributed by atoms with E-state index in [2.05, 4.69) is 10.3 Å². The van der Waals surface area contributed by atoms with Gasteiger partial charge >= 0.3 is 5.97 Å². The van der Waals surface area contributed by atoms with E-state index in [1.165, 1.54) is 18.3 Å². The largest absolute Gasteiger partial charge is 0.453 e. The third-order valence-electron chi connectivity index (χ3n) is 3.60. The number of hydrogen-bond acceptors (Lipinski definition) is 6. The first-order chi connectivity index (χ1) is 13.0. The lowest BCUT2D eigenvalue weighted by Gasteiger charge is -2.05. The third-order valence-corrected chi connectivity index (χ3v) is 4.49. The van der Waals surface area contributed by atoms with Crippen molar-refractivity contribution in [2.24, 2.45) is 0 Å². The monoisotopic (exact) mass is 380 g/mol. The first-order valence-corrected chi connectivity index (χ1v) is 9.00. The van der Waals surface area contributed by atoms with Gasteiger partial charge in [0, 0.05) is 29.1 Å². The zero-order chi connectivity index (χ0) is 19.2. The lowest BCUT2D eigenvalue weighted by atomic mass is 10.1. The van der Waals surface area contributed by atoms with E-state index >= 15 is 0 Å². The average Bonchev–Trinajstić information content (AvgIpc) is 3.17. The van der Waals surface area contributed by atoms with Gasteiger partial charge in [0.2, 0.25) is 5.91 Å². The van der Waals surface area contributed by atoms with E-state index in [1.807, 2.05) is 30.3 Å². The van der Waals surface area contributed by atoms with Crippen LogP contribution in [0.5, 0.6) is 0 Å². The Hall–Kier alpha value is -3.32. The standard InChI is InChI=1S/C20H16N2O4S/c1-13(23)21-16-9-7-14(8-10-16)18(24)11-26-20(25)17-12-27-19(22-17)15-5-3-2-4-6-15/h2-10,12H,11H2,1H3,(H,21,23). The topological polar surface area (TPSA) is 85.4 Å². The van der Waals surface area contributed by atoms with Gasteiger partial charge in [-0.3, -0.25) is 9.59 Å². The van der Waals surface area contributed by atoms with Gasteiger partial charge < -0.3 is 10.1 Å². The number of nitrogens with one attached hydrogen (secondary N) is 1. The third kappa shape index (κ3) is 4.86. The zero-order valence-corrected chi connectivity index (χ0v) is 15.3. The first kappa shape index (κ1) is 18.5. The molecule has 1 heterocycles. The van der Waals surface area contributed by atoms with Crippen LogP contribution in [0.4, 0.5) is 5.69 Å². The van der Waals surface area contributed by atoms with E-state index in [0.717, 1.165) is 5.56 Å². The van der Waals surface area contributed by atoms with Gasteiger partial charge in [0.15, 0.2) is 18.1 Å². The van der Waals surface area contributed by atoms with Gasteiger partial charge in [-0.2, -0.15) is 0 Å². The molecule has 7 heteroatoms. The average molecular weight is 380 g/mol. The van der Waals surface area contributed by atoms with Crippen molar-refractivity contribution in [1.29, 1.82) is 0 Å². The minimum Gasteiger partial charge on any atom is -0.453 e. The van der Waals surface area contributed by atoms with Crippen molar-refractivity contribution in [1.82, 2.24) is 4.98 Å². The van der Waals surface area contributed by atoms with Crippen molar-refractivity contribution in [3.63, 3.8) is 0 Å². The number of thiazole rings is 1.